The molecule has 1 amide bonds. The van der Waals surface area contributed by atoms with Crippen LogP contribution in [0.25, 0.3) is 0 Å². The normalized spacial score (nSPS) is 14.8. The summed E-state index contributed by atoms with van der Waals surface area (Å²) in [6.07, 6.45) is 1.96. The molecule has 1 fully saturated rings. The van der Waals surface area contributed by atoms with Crippen LogP contribution in [0.2, 0.25) is 0 Å². The van der Waals surface area contributed by atoms with Crippen LogP contribution in [0.4, 0.5) is 4.39 Å². The third-order valence-electron chi connectivity index (χ3n) is 2.99. The molecule has 0 aromatic heterocycles. The van der Waals surface area contributed by atoms with Crippen LogP contribution >= 0.6 is 15.9 Å². The minimum atomic E-state index is -0.254. The van der Waals surface area contributed by atoms with E-state index in [1.165, 1.54) is 6.07 Å². The molecular formula is C13H15BrFNO. The van der Waals surface area contributed by atoms with E-state index in [2.05, 4.69) is 15.9 Å². The van der Waals surface area contributed by atoms with E-state index in [-0.39, 0.29) is 17.6 Å². The maximum absolute atomic E-state index is 13.6. The van der Waals surface area contributed by atoms with Crippen LogP contribution in [0, 0.1) is 11.7 Å². The van der Waals surface area contributed by atoms with Gasteiger partial charge in [0.2, 0.25) is 5.91 Å². The van der Waals surface area contributed by atoms with Gasteiger partial charge in [0.15, 0.2) is 0 Å². The molecule has 0 radical (unpaired) electrons. The summed E-state index contributed by atoms with van der Waals surface area (Å²) in [6, 6.07) is 4.82. The lowest BCUT2D eigenvalue weighted by atomic mass is 10.2. The third-order valence-corrected chi connectivity index (χ3v) is 3.48. The van der Waals surface area contributed by atoms with Crippen LogP contribution in [0.15, 0.2) is 22.7 Å². The van der Waals surface area contributed by atoms with Gasteiger partial charge in [-0.3, -0.25) is 4.79 Å². The van der Waals surface area contributed by atoms with Gasteiger partial charge in [-0.25, -0.2) is 4.39 Å². The first-order valence-corrected chi connectivity index (χ1v) is 6.64. The number of hydrogen-bond acceptors (Lipinski definition) is 1. The maximum atomic E-state index is 13.6. The summed E-state index contributed by atoms with van der Waals surface area (Å²) in [5, 5.41) is 0. The third kappa shape index (κ3) is 3.06. The topological polar surface area (TPSA) is 20.3 Å². The second kappa shape index (κ2) is 5.17. The van der Waals surface area contributed by atoms with E-state index in [1.807, 2.05) is 6.92 Å². The molecule has 2 rings (SSSR count). The molecule has 0 saturated heterocycles. The van der Waals surface area contributed by atoms with Crippen molar-refractivity contribution in [1.82, 2.24) is 4.90 Å². The van der Waals surface area contributed by atoms with E-state index in [1.54, 1.807) is 17.0 Å². The van der Waals surface area contributed by atoms with E-state index < -0.39 is 0 Å². The number of rotatable bonds is 4. The molecule has 1 aliphatic rings. The Balaban J connectivity index is 2.11. The van der Waals surface area contributed by atoms with Crippen molar-refractivity contribution >= 4 is 21.8 Å². The molecule has 0 heterocycles. The smallest absolute Gasteiger partial charge is 0.225 e. The average Bonchev–Trinajstić information content (AvgIpc) is 3.13. The predicted octanol–water partition coefficient (Wildman–Crippen LogP) is 3.35. The van der Waals surface area contributed by atoms with E-state index in [9.17, 15) is 9.18 Å². The zero-order chi connectivity index (χ0) is 12.4. The van der Waals surface area contributed by atoms with Gasteiger partial charge in [-0.05, 0) is 38.0 Å². The molecule has 0 N–H and O–H groups in total. The summed E-state index contributed by atoms with van der Waals surface area (Å²) < 4.78 is 14.4. The molecule has 1 aliphatic carbocycles. The highest BCUT2D eigenvalue weighted by Crippen LogP contribution is 2.31. The molecule has 4 heteroatoms. The SMILES string of the molecule is CCN(Cc1cc(Br)ccc1F)C(=O)C1CC1. The lowest BCUT2D eigenvalue weighted by Gasteiger charge is -2.21. The average molecular weight is 300 g/mol. The highest BCUT2D eigenvalue weighted by Gasteiger charge is 2.32. The van der Waals surface area contributed by atoms with E-state index in [0.29, 0.717) is 18.7 Å². The van der Waals surface area contributed by atoms with E-state index >= 15 is 0 Å². The van der Waals surface area contributed by atoms with Gasteiger partial charge in [0.1, 0.15) is 5.82 Å². The van der Waals surface area contributed by atoms with Gasteiger partial charge >= 0.3 is 0 Å². The first-order chi connectivity index (χ1) is 8.11. The van der Waals surface area contributed by atoms with E-state index in [0.717, 1.165) is 17.3 Å². The van der Waals surface area contributed by atoms with Gasteiger partial charge in [0, 0.05) is 29.0 Å². The number of amides is 1. The van der Waals surface area contributed by atoms with E-state index in [4.69, 9.17) is 0 Å². The number of benzene rings is 1. The Hall–Kier alpha value is -0.900. The van der Waals surface area contributed by atoms with Crippen LogP contribution in [0.5, 0.6) is 0 Å². The molecule has 1 aromatic carbocycles. The van der Waals surface area contributed by atoms with Crippen LogP contribution in [-0.4, -0.2) is 17.4 Å². The molecule has 0 unspecified atom stereocenters. The molecule has 17 heavy (non-hydrogen) atoms. The molecule has 0 atom stereocenters. The van der Waals surface area contributed by atoms with Gasteiger partial charge in [-0.15, -0.1) is 0 Å². The Morgan fingerprint density at radius 2 is 2.24 bits per heavy atom. The fraction of sp³-hybridized carbons (Fsp3) is 0.462. The molecule has 0 aliphatic heterocycles. The fourth-order valence-electron chi connectivity index (χ4n) is 1.80. The molecule has 1 saturated carbocycles. The lowest BCUT2D eigenvalue weighted by molar-refractivity contribution is -0.133. The summed E-state index contributed by atoms with van der Waals surface area (Å²) in [7, 11) is 0. The summed E-state index contributed by atoms with van der Waals surface area (Å²) >= 11 is 3.32. The van der Waals surface area contributed by atoms with Crippen molar-refractivity contribution in [3.8, 4) is 0 Å². The number of nitrogens with zero attached hydrogens (tertiary/aromatic N) is 1. The number of carbonyl (C=O) groups is 1. The van der Waals surface area contributed by atoms with Gasteiger partial charge in [-0.2, -0.15) is 0 Å². The van der Waals surface area contributed by atoms with Crippen molar-refractivity contribution in [3.63, 3.8) is 0 Å². The Morgan fingerprint density at radius 3 is 2.82 bits per heavy atom. The van der Waals surface area contributed by atoms with Gasteiger partial charge < -0.3 is 4.90 Å². The summed E-state index contributed by atoms with van der Waals surface area (Å²) in [6.45, 7) is 2.91. The Morgan fingerprint density at radius 1 is 1.53 bits per heavy atom. The Kier molecular flexibility index (Phi) is 3.82. The molecule has 2 nitrogen and oxygen atoms in total. The quantitative estimate of drug-likeness (QED) is 0.835. The minimum Gasteiger partial charge on any atom is -0.338 e. The predicted molar refractivity (Wildman–Crippen MR) is 67.9 cm³/mol. The Bertz CT molecular complexity index is 431. The van der Waals surface area contributed by atoms with Crippen LogP contribution in [0.3, 0.4) is 0 Å². The van der Waals surface area contributed by atoms with Crippen molar-refractivity contribution in [2.45, 2.75) is 26.3 Å². The van der Waals surface area contributed by atoms with Crippen LogP contribution in [0.1, 0.15) is 25.3 Å². The number of carbonyl (C=O) groups excluding carboxylic acids is 1. The molecule has 0 bridgehead atoms. The van der Waals surface area contributed by atoms with Gasteiger partial charge in [0.25, 0.3) is 0 Å². The highest BCUT2D eigenvalue weighted by atomic mass is 79.9. The lowest BCUT2D eigenvalue weighted by Crippen LogP contribution is -2.31. The fourth-order valence-corrected chi connectivity index (χ4v) is 2.21. The Labute approximate surface area is 109 Å². The monoisotopic (exact) mass is 299 g/mol. The van der Waals surface area contributed by atoms with Crippen LogP contribution in [-0.2, 0) is 11.3 Å². The highest BCUT2D eigenvalue weighted by molar-refractivity contribution is 9.10. The number of halogens is 2. The molecular weight excluding hydrogens is 285 g/mol. The largest absolute Gasteiger partial charge is 0.338 e. The second-order valence-electron chi connectivity index (χ2n) is 4.36. The standard InChI is InChI=1S/C13H15BrFNO/c1-2-16(13(17)9-3-4-9)8-10-7-11(14)5-6-12(10)15/h5-7,9H,2-4,8H2,1H3. The van der Waals surface area contributed by atoms with Crippen molar-refractivity contribution in [1.29, 1.82) is 0 Å². The molecule has 1 aromatic rings. The first kappa shape index (κ1) is 12.6. The number of hydrogen-bond donors (Lipinski definition) is 0. The zero-order valence-electron chi connectivity index (χ0n) is 9.75. The summed E-state index contributed by atoms with van der Waals surface area (Å²) in [4.78, 5) is 13.7. The van der Waals surface area contributed by atoms with Gasteiger partial charge in [0.05, 0.1) is 0 Å². The van der Waals surface area contributed by atoms with Crippen molar-refractivity contribution in [3.05, 3.63) is 34.1 Å². The maximum Gasteiger partial charge on any atom is 0.225 e. The zero-order valence-corrected chi connectivity index (χ0v) is 11.3. The first-order valence-electron chi connectivity index (χ1n) is 5.84. The summed E-state index contributed by atoms with van der Waals surface area (Å²) in [5.41, 5.74) is 0.565. The molecule has 92 valence electrons. The van der Waals surface area contributed by atoms with Crippen LogP contribution < -0.4 is 0 Å². The molecule has 0 spiro atoms. The summed E-state index contributed by atoms with van der Waals surface area (Å²) in [5.74, 6) is 0.0901. The van der Waals surface area contributed by atoms with Crippen molar-refractivity contribution in [2.24, 2.45) is 5.92 Å². The van der Waals surface area contributed by atoms with Gasteiger partial charge in [-0.1, -0.05) is 15.9 Å². The van der Waals surface area contributed by atoms with Crippen molar-refractivity contribution in [2.75, 3.05) is 6.54 Å². The van der Waals surface area contributed by atoms with Crippen molar-refractivity contribution < 1.29 is 9.18 Å². The minimum absolute atomic E-state index is 0.159. The second-order valence-corrected chi connectivity index (χ2v) is 5.28.